The zero-order chi connectivity index (χ0) is 18.7. The lowest BCUT2D eigenvalue weighted by molar-refractivity contribution is -0.150. The fraction of sp³-hybridized carbons (Fsp3) is 0.524. The summed E-state index contributed by atoms with van der Waals surface area (Å²) in [6.07, 6.45) is 4.07. The minimum atomic E-state index is -0.863. The number of aliphatic hydroxyl groups is 1. The van der Waals surface area contributed by atoms with Crippen LogP contribution in [-0.2, 0) is 16.0 Å². The number of benzene rings is 1. The number of aromatic nitrogens is 1. The summed E-state index contributed by atoms with van der Waals surface area (Å²) in [7, 11) is 0. The summed E-state index contributed by atoms with van der Waals surface area (Å²) in [5.41, 5.74) is 0.904. The smallest absolute Gasteiger partial charge is 0.251 e. The van der Waals surface area contributed by atoms with Crippen molar-refractivity contribution < 1.29 is 19.2 Å². The van der Waals surface area contributed by atoms with Crippen molar-refractivity contribution in [1.82, 2.24) is 10.1 Å². The second-order valence-corrected chi connectivity index (χ2v) is 7.63. The molecule has 2 aliphatic rings. The largest absolute Gasteiger partial charge is 0.389 e. The molecular weight excluding hydrogens is 344 g/mol. The predicted molar refractivity (Wildman–Crippen MR) is 100.0 cm³/mol. The van der Waals surface area contributed by atoms with Gasteiger partial charge < -0.3 is 19.3 Å². The molecule has 4 rings (SSSR count). The molecule has 1 amide bonds. The van der Waals surface area contributed by atoms with Crippen LogP contribution in [0.2, 0.25) is 0 Å². The van der Waals surface area contributed by atoms with Crippen molar-refractivity contribution in [3.8, 4) is 11.3 Å². The third kappa shape index (κ3) is 4.22. The van der Waals surface area contributed by atoms with Gasteiger partial charge in [-0.1, -0.05) is 35.5 Å². The molecule has 6 nitrogen and oxygen atoms in total. The molecule has 0 radical (unpaired) electrons. The third-order valence-electron chi connectivity index (χ3n) is 5.59. The van der Waals surface area contributed by atoms with E-state index in [-0.39, 0.29) is 12.0 Å². The molecule has 3 heterocycles. The maximum absolute atomic E-state index is 12.6. The highest BCUT2D eigenvalue weighted by Gasteiger charge is 2.37. The summed E-state index contributed by atoms with van der Waals surface area (Å²) in [4.78, 5) is 14.4. The van der Waals surface area contributed by atoms with Gasteiger partial charge in [-0.2, -0.15) is 0 Å². The van der Waals surface area contributed by atoms with Gasteiger partial charge >= 0.3 is 0 Å². The molecule has 0 spiro atoms. The summed E-state index contributed by atoms with van der Waals surface area (Å²) in [6, 6.07) is 11.7. The van der Waals surface area contributed by atoms with Crippen molar-refractivity contribution in [3.63, 3.8) is 0 Å². The second-order valence-electron chi connectivity index (χ2n) is 7.63. The standard InChI is InChI=1S/C21H26N2O4/c24-20(19-8-4-5-13-26-19)23-11-9-21(25,10-12-23)15-17-14-18(22-27-17)16-6-2-1-3-7-16/h1-3,6-7,14,19,25H,4-5,8-13,15H2. The molecule has 2 aliphatic heterocycles. The zero-order valence-electron chi connectivity index (χ0n) is 15.5. The highest BCUT2D eigenvalue weighted by molar-refractivity contribution is 5.81. The molecule has 0 saturated carbocycles. The van der Waals surface area contributed by atoms with Gasteiger partial charge in [0.2, 0.25) is 0 Å². The molecule has 27 heavy (non-hydrogen) atoms. The number of carbonyl (C=O) groups excluding carboxylic acids is 1. The second kappa shape index (κ2) is 7.82. The first kappa shape index (κ1) is 18.2. The lowest BCUT2D eigenvalue weighted by Crippen LogP contribution is -2.51. The van der Waals surface area contributed by atoms with E-state index in [4.69, 9.17) is 9.26 Å². The molecule has 1 aromatic heterocycles. The van der Waals surface area contributed by atoms with E-state index in [2.05, 4.69) is 5.16 Å². The van der Waals surface area contributed by atoms with Gasteiger partial charge in [-0.3, -0.25) is 4.79 Å². The minimum Gasteiger partial charge on any atom is -0.389 e. The Hall–Kier alpha value is -2.18. The van der Waals surface area contributed by atoms with Gasteiger partial charge in [-0.25, -0.2) is 0 Å². The van der Waals surface area contributed by atoms with E-state index in [1.54, 1.807) is 0 Å². The monoisotopic (exact) mass is 370 g/mol. The van der Waals surface area contributed by atoms with Gasteiger partial charge in [0.15, 0.2) is 0 Å². The molecule has 1 atom stereocenters. The molecule has 1 aromatic carbocycles. The van der Waals surface area contributed by atoms with Crippen LogP contribution in [0.5, 0.6) is 0 Å². The van der Waals surface area contributed by atoms with Crippen molar-refractivity contribution in [3.05, 3.63) is 42.2 Å². The number of carbonyl (C=O) groups is 1. The van der Waals surface area contributed by atoms with Crippen LogP contribution >= 0.6 is 0 Å². The van der Waals surface area contributed by atoms with Crippen LogP contribution in [0.25, 0.3) is 11.3 Å². The SMILES string of the molecule is O=C(C1CCCCO1)N1CCC(O)(Cc2cc(-c3ccccc3)no2)CC1. The lowest BCUT2D eigenvalue weighted by Gasteiger charge is -2.39. The Morgan fingerprint density at radius 3 is 2.70 bits per heavy atom. The van der Waals surface area contributed by atoms with E-state index in [0.29, 0.717) is 44.7 Å². The van der Waals surface area contributed by atoms with Gasteiger partial charge in [0.05, 0.1) is 5.60 Å². The van der Waals surface area contributed by atoms with Gasteiger partial charge in [0.25, 0.3) is 5.91 Å². The Kier molecular flexibility index (Phi) is 5.27. The van der Waals surface area contributed by atoms with E-state index in [0.717, 1.165) is 30.5 Å². The number of amides is 1. The Morgan fingerprint density at radius 1 is 1.22 bits per heavy atom. The summed E-state index contributed by atoms with van der Waals surface area (Å²) < 4.78 is 11.1. The van der Waals surface area contributed by atoms with Crippen LogP contribution < -0.4 is 0 Å². The molecular formula is C21H26N2O4. The van der Waals surface area contributed by atoms with Crippen molar-refractivity contribution in [2.45, 2.75) is 50.2 Å². The molecule has 2 aromatic rings. The van der Waals surface area contributed by atoms with Gasteiger partial charge in [-0.15, -0.1) is 0 Å². The molecule has 1 N–H and O–H groups in total. The van der Waals surface area contributed by atoms with Gasteiger partial charge in [0.1, 0.15) is 17.6 Å². The van der Waals surface area contributed by atoms with Gasteiger partial charge in [0, 0.05) is 37.7 Å². The molecule has 2 fully saturated rings. The molecule has 2 saturated heterocycles. The maximum Gasteiger partial charge on any atom is 0.251 e. The molecule has 6 heteroatoms. The van der Waals surface area contributed by atoms with Crippen molar-refractivity contribution in [2.24, 2.45) is 0 Å². The number of hydrogen-bond acceptors (Lipinski definition) is 5. The van der Waals surface area contributed by atoms with Crippen molar-refractivity contribution in [2.75, 3.05) is 19.7 Å². The fourth-order valence-electron chi connectivity index (χ4n) is 3.92. The van der Waals surface area contributed by atoms with E-state index >= 15 is 0 Å². The summed E-state index contributed by atoms with van der Waals surface area (Å²) in [6.45, 7) is 1.77. The maximum atomic E-state index is 12.6. The van der Waals surface area contributed by atoms with E-state index in [9.17, 15) is 9.90 Å². The molecule has 1 unspecified atom stereocenters. The van der Waals surface area contributed by atoms with Crippen LogP contribution in [0.3, 0.4) is 0 Å². The molecule has 0 bridgehead atoms. The highest BCUT2D eigenvalue weighted by atomic mass is 16.5. The van der Waals surface area contributed by atoms with E-state index in [1.165, 1.54) is 0 Å². The fourth-order valence-corrected chi connectivity index (χ4v) is 3.92. The van der Waals surface area contributed by atoms with Crippen molar-refractivity contribution >= 4 is 5.91 Å². The average molecular weight is 370 g/mol. The van der Waals surface area contributed by atoms with E-state index in [1.807, 2.05) is 41.3 Å². The number of likely N-dealkylation sites (tertiary alicyclic amines) is 1. The van der Waals surface area contributed by atoms with Crippen molar-refractivity contribution in [1.29, 1.82) is 0 Å². The zero-order valence-corrected chi connectivity index (χ0v) is 15.5. The number of hydrogen-bond donors (Lipinski definition) is 1. The first-order valence-corrected chi connectivity index (χ1v) is 9.77. The first-order chi connectivity index (χ1) is 13.1. The highest BCUT2D eigenvalue weighted by Crippen LogP contribution is 2.29. The summed E-state index contributed by atoms with van der Waals surface area (Å²) >= 11 is 0. The van der Waals surface area contributed by atoms with Gasteiger partial charge in [-0.05, 0) is 32.1 Å². The number of nitrogens with zero attached hydrogens (tertiary/aromatic N) is 2. The number of rotatable bonds is 4. The summed E-state index contributed by atoms with van der Waals surface area (Å²) in [5, 5.41) is 15.1. The predicted octanol–water partition coefficient (Wildman–Crippen LogP) is 2.81. The van der Waals surface area contributed by atoms with Crippen LogP contribution in [-0.4, -0.2) is 52.5 Å². The number of ether oxygens (including phenoxy) is 1. The molecule has 144 valence electrons. The lowest BCUT2D eigenvalue weighted by atomic mass is 9.87. The first-order valence-electron chi connectivity index (χ1n) is 9.77. The van der Waals surface area contributed by atoms with Crippen LogP contribution in [0.15, 0.2) is 40.9 Å². The number of piperidine rings is 1. The summed E-state index contributed by atoms with van der Waals surface area (Å²) in [5.74, 6) is 0.745. The Balaban J connectivity index is 1.34. The van der Waals surface area contributed by atoms with Crippen LogP contribution in [0.1, 0.15) is 37.9 Å². The Morgan fingerprint density at radius 2 is 2.00 bits per heavy atom. The Labute approximate surface area is 159 Å². The van der Waals surface area contributed by atoms with Crippen LogP contribution in [0.4, 0.5) is 0 Å². The van der Waals surface area contributed by atoms with E-state index < -0.39 is 5.60 Å². The minimum absolute atomic E-state index is 0.0720. The molecule has 0 aliphatic carbocycles. The van der Waals surface area contributed by atoms with Crippen LogP contribution in [0, 0.1) is 0 Å². The third-order valence-corrected chi connectivity index (χ3v) is 5.59. The average Bonchev–Trinajstić information content (AvgIpc) is 3.17. The topological polar surface area (TPSA) is 75.8 Å². The quantitative estimate of drug-likeness (QED) is 0.896. The Bertz CT molecular complexity index is 759. The normalized spacial score (nSPS) is 22.6.